The van der Waals surface area contributed by atoms with Crippen LogP contribution in [0.2, 0.25) is 0 Å². The quantitative estimate of drug-likeness (QED) is 0.305. The maximum Gasteiger partial charge on any atom is 0.343 e. The van der Waals surface area contributed by atoms with Crippen LogP contribution in [0.1, 0.15) is 52.4 Å². The lowest BCUT2D eigenvalue weighted by Crippen LogP contribution is -2.09. The number of hydrogen-bond donors (Lipinski definition) is 0. The molecular weight excluding hydrogens is 384 g/mol. The molecule has 3 aromatic carbocycles. The van der Waals surface area contributed by atoms with Crippen molar-refractivity contribution in [3.8, 4) is 22.9 Å². The van der Waals surface area contributed by atoms with Crippen LogP contribution in [0, 0.1) is 23.0 Å². The van der Waals surface area contributed by atoms with Crippen LogP contribution in [-0.2, 0) is 12.8 Å². The summed E-state index contributed by atoms with van der Waals surface area (Å²) in [5.41, 5.74) is 5.42. The number of rotatable bonds is 5. The predicted molar refractivity (Wildman–Crippen MR) is 109 cm³/mol. The zero-order valence-electron chi connectivity index (χ0n) is 16.5. The minimum absolute atomic E-state index is 0.279. The third kappa shape index (κ3) is 3.69. The molecule has 30 heavy (non-hydrogen) atoms. The van der Waals surface area contributed by atoms with Crippen LogP contribution in [0.3, 0.4) is 0 Å². The average molecular weight is 403 g/mol. The van der Waals surface area contributed by atoms with E-state index in [0.717, 1.165) is 48.9 Å². The Morgan fingerprint density at radius 2 is 1.70 bits per heavy atom. The van der Waals surface area contributed by atoms with Gasteiger partial charge in [0.1, 0.15) is 29.0 Å². The molecule has 0 amide bonds. The first-order chi connectivity index (χ1) is 14.5. The topological polar surface area (TPSA) is 50.1 Å². The first kappa shape index (κ1) is 19.8. The summed E-state index contributed by atoms with van der Waals surface area (Å²) >= 11 is 0. The summed E-state index contributed by atoms with van der Waals surface area (Å²) < 4.78 is 32.6. The Morgan fingerprint density at radius 1 is 1.03 bits per heavy atom. The lowest BCUT2D eigenvalue weighted by atomic mass is 10.0. The van der Waals surface area contributed by atoms with E-state index >= 15 is 0 Å². The van der Waals surface area contributed by atoms with Crippen LogP contribution < -0.4 is 4.74 Å². The van der Waals surface area contributed by atoms with Crippen LogP contribution in [0.4, 0.5) is 8.78 Å². The molecule has 0 atom stereocenters. The fourth-order valence-electron chi connectivity index (χ4n) is 3.81. The minimum Gasteiger partial charge on any atom is -0.423 e. The molecule has 0 heterocycles. The van der Waals surface area contributed by atoms with E-state index in [-0.39, 0.29) is 5.75 Å². The smallest absolute Gasteiger partial charge is 0.343 e. The van der Waals surface area contributed by atoms with Gasteiger partial charge in [-0.3, -0.25) is 0 Å². The van der Waals surface area contributed by atoms with Gasteiger partial charge in [-0.25, -0.2) is 13.6 Å². The molecule has 0 bridgehead atoms. The van der Waals surface area contributed by atoms with Crippen molar-refractivity contribution in [2.24, 2.45) is 0 Å². The Balaban J connectivity index is 1.55. The van der Waals surface area contributed by atoms with Crippen LogP contribution >= 0.6 is 0 Å². The van der Waals surface area contributed by atoms with Crippen molar-refractivity contribution in [1.29, 1.82) is 5.26 Å². The molecule has 0 saturated carbocycles. The summed E-state index contributed by atoms with van der Waals surface area (Å²) in [4.78, 5) is 12.5. The SMILES string of the molecule is CCCCc1ccc2c(c1)Cc1cc(C(=O)Oc3cc(F)c(C#N)c(F)c3)ccc1-2. The van der Waals surface area contributed by atoms with Gasteiger partial charge in [0.15, 0.2) is 0 Å². The maximum absolute atomic E-state index is 13.8. The van der Waals surface area contributed by atoms with Crippen LogP contribution in [0.15, 0.2) is 48.5 Å². The van der Waals surface area contributed by atoms with E-state index in [1.807, 2.05) is 6.07 Å². The summed E-state index contributed by atoms with van der Waals surface area (Å²) in [5, 5.41) is 8.74. The van der Waals surface area contributed by atoms with Gasteiger partial charge in [-0.05, 0) is 59.2 Å². The van der Waals surface area contributed by atoms with Crippen molar-refractivity contribution in [3.63, 3.8) is 0 Å². The van der Waals surface area contributed by atoms with Gasteiger partial charge in [-0.15, -0.1) is 0 Å². The highest BCUT2D eigenvalue weighted by molar-refractivity contribution is 5.93. The lowest BCUT2D eigenvalue weighted by Gasteiger charge is -2.08. The Labute approximate surface area is 173 Å². The molecular formula is C25H19F2NO2. The van der Waals surface area contributed by atoms with Gasteiger partial charge in [0.2, 0.25) is 0 Å². The fourth-order valence-corrected chi connectivity index (χ4v) is 3.81. The van der Waals surface area contributed by atoms with Crippen LogP contribution in [0.25, 0.3) is 11.1 Å². The molecule has 150 valence electrons. The molecule has 3 nitrogen and oxygen atoms in total. The summed E-state index contributed by atoms with van der Waals surface area (Å²) in [6, 6.07) is 14.9. The van der Waals surface area contributed by atoms with Crippen molar-refractivity contribution in [1.82, 2.24) is 0 Å². The van der Waals surface area contributed by atoms with Gasteiger partial charge in [0.25, 0.3) is 0 Å². The Hall–Kier alpha value is -3.52. The second-order valence-electron chi connectivity index (χ2n) is 7.41. The first-order valence-corrected chi connectivity index (χ1v) is 9.86. The Kier molecular flexibility index (Phi) is 5.33. The number of ether oxygens (including phenoxy) is 1. The second kappa shape index (κ2) is 8.08. The van der Waals surface area contributed by atoms with E-state index in [9.17, 15) is 13.6 Å². The zero-order chi connectivity index (χ0) is 21.3. The van der Waals surface area contributed by atoms with E-state index < -0.39 is 23.2 Å². The number of fused-ring (bicyclic) bond motifs is 3. The molecule has 0 unspecified atom stereocenters. The molecule has 0 spiro atoms. The van der Waals surface area contributed by atoms with Crippen molar-refractivity contribution in [3.05, 3.63) is 88.0 Å². The van der Waals surface area contributed by atoms with Gasteiger partial charge >= 0.3 is 5.97 Å². The van der Waals surface area contributed by atoms with Gasteiger partial charge in [-0.2, -0.15) is 5.26 Å². The molecule has 4 rings (SSSR count). The van der Waals surface area contributed by atoms with E-state index in [2.05, 4.69) is 25.1 Å². The monoisotopic (exact) mass is 403 g/mol. The predicted octanol–water partition coefficient (Wildman–Crippen LogP) is 5.97. The summed E-state index contributed by atoms with van der Waals surface area (Å²) in [5.74, 6) is -3.12. The highest BCUT2D eigenvalue weighted by Crippen LogP contribution is 2.38. The third-order valence-corrected chi connectivity index (χ3v) is 5.34. The number of esters is 1. The number of nitrogens with zero attached hydrogens (tertiary/aromatic N) is 1. The van der Waals surface area contributed by atoms with Crippen LogP contribution in [-0.4, -0.2) is 5.97 Å². The first-order valence-electron chi connectivity index (χ1n) is 9.86. The number of hydrogen-bond acceptors (Lipinski definition) is 3. The minimum atomic E-state index is -1.07. The number of benzene rings is 3. The van der Waals surface area contributed by atoms with Crippen molar-refractivity contribution < 1.29 is 18.3 Å². The van der Waals surface area contributed by atoms with Crippen molar-refractivity contribution >= 4 is 5.97 Å². The second-order valence-corrected chi connectivity index (χ2v) is 7.41. The fraction of sp³-hybridized carbons (Fsp3) is 0.200. The number of unbranched alkanes of at least 4 members (excludes halogenated alkanes) is 1. The normalized spacial score (nSPS) is 11.5. The van der Waals surface area contributed by atoms with E-state index in [1.54, 1.807) is 12.1 Å². The molecule has 1 aliphatic rings. The Bertz CT molecular complexity index is 1170. The van der Waals surface area contributed by atoms with Gasteiger partial charge in [0, 0.05) is 12.1 Å². The van der Waals surface area contributed by atoms with E-state index in [4.69, 9.17) is 10.00 Å². The number of aryl methyl sites for hydroxylation is 1. The van der Waals surface area contributed by atoms with Crippen LogP contribution in [0.5, 0.6) is 5.75 Å². The van der Waals surface area contributed by atoms with E-state index in [1.165, 1.54) is 22.8 Å². The molecule has 5 heteroatoms. The lowest BCUT2D eigenvalue weighted by molar-refractivity contribution is 0.0734. The van der Waals surface area contributed by atoms with Crippen molar-refractivity contribution in [2.75, 3.05) is 0 Å². The summed E-state index contributed by atoms with van der Waals surface area (Å²) in [7, 11) is 0. The average Bonchev–Trinajstić information content (AvgIpc) is 3.08. The maximum atomic E-state index is 13.8. The van der Waals surface area contributed by atoms with Gasteiger partial charge in [-0.1, -0.05) is 37.6 Å². The Morgan fingerprint density at radius 3 is 2.37 bits per heavy atom. The van der Waals surface area contributed by atoms with Crippen molar-refractivity contribution in [2.45, 2.75) is 32.6 Å². The van der Waals surface area contributed by atoms with E-state index in [0.29, 0.717) is 5.56 Å². The van der Waals surface area contributed by atoms with Gasteiger partial charge < -0.3 is 4.74 Å². The zero-order valence-corrected chi connectivity index (χ0v) is 16.5. The molecule has 0 N–H and O–H groups in total. The largest absolute Gasteiger partial charge is 0.423 e. The number of nitriles is 1. The molecule has 0 aliphatic heterocycles. The highest BCUT2D eigenvalue weighted by Gasteiger charge is 2.21. The summed E-state index contributed by atoms with van der Waals surface area (Å²) in [6.45, 7) is 2.17. The number of carbonyl (C=O) groups is 1. The standard InChI is InChI=1S/C25H19F2NO2/c1-2-3-4-15-5-7-20-17(9-15)11-18-10-16(6-8-21(18)20)25(29)30-19-12-23(26)22(14-28)24(27)13-19/h5-10,12-13H,2-4,11H2,1H3. The van der Waals surface area contributed by atoms with Gasteiger partial charge in [0.05, 0.1) is 5.56 Å². The molecule has 1 aliphatic carbocycles. The molecule has 0 aromatic heterocycles. The summed E-state index contributed by atoms with van der Waals surface area (Å²) in [6.07, 6.45) is 4.08. The number of halogens is 2. The highest BCUT2D eigenvalue weighted by atomic mass is 19.1. The number of carbonyl (C=O) groups excluding carboxylic acids is 1. The molecule has 0 saturated heterocycles. The molecule has 0 radical (unpaired) electrons. The molecule has 0 fully saturated rings. The third-order valence-electron chi connectivity index (χ3n) is 5.34. The molecule has 3 aromatic rings.